The van der Waals surface area contributed by atoms with Crippen molar-refractivity contribution in [1.29, 1.82) is 0 Å². The number of rotatable bonds is 8. The summed E-state index contributed by atoms with van der Waals surface area (Å²) >= 11 is 3.30. The number of halogens is 2. The fraction of sp³-hybridized carbons (Fsp3) is 0.250. The first-order chi connectivity index (χ1) is 13.3. The van der Waals surface area contributed by atoms with Gasteiger partial charge in [-0.05, 0) is 29.3 Å². The van der Waals surface area contributed by atoms with Crippen molar-refractivity contribution in [1.82, 2.24) is 10.6 Å². The number of benzene rings is 2. The van der Waals surface area contributed by atoms with Crippen LogP contribution in [0.4, 0.5) is 4.39 Å². The summed E-state index contributed by atoms with van der Waals surface area (Å²) in [4.78, 5) is 35.7. The maximum absolute atomic E-state index is 13.9. The molecule has 2 aromatic carbocycles. The predicted molar refractivity (Wildman–Crippen MR) is 105 cm³/mol. The first-order valence-corrected chi connectivity index (χ1v) is 9.33. The topological polar surface area (TPSA) is 95.5 Å². The van der Waals surface area contributed by atoms with E-state index in [2.05, 4.69) is 26.6 Å². The van der Waals surface area contributed by atoms with Crippen molar-refractivity contribution < 1.29 is 23.9 Å². The number of amides is 2. The maximum Gasteiger partial charge on any atom is 0.326 e. The Hall–Kier alpha value is -2.74. The average molecular weight is 451 g/mol. The monoisotopic (exact) mass is 450 g/mol. The summed E-state index contributed by atoms with van der Waals surface area (Å²) in [5.41, 5.74) is 0.970. The van der Waals surface area contributed by atoms with Gasteiger partial charge in [-0.25, -0.2) is 9.18 Å². The van der Waals surface area contributed by atoms with E-state index >= 15 is 0 Å². The molecule has 0 radical (unpaired) electrons. The normalized spacial score (nSPS) is 12.7. The number of carbonyl (C=O) groups is 3. The molecule has 0 bridgehead atoms. The van der Waals surface area contributed by atoms with Crippen LogP contribution in [0.25, 0.3) is 0 Å². The van der Waals surface area contributed by atoms with Crippen LogP contribution in [0, 0.1) is 5.82 Å². The van der Waals surface area contributed by atoms with Gasteiger partial charge >= 0.3 is 5.97 Å². The summed E-state index contributed by atoms with van der Waals surface area (Å²) in [6.45, 7) is 1.23. The molecule has 0 saturated heterocycles. The Bertz CT molecular complexity index is 858. The molecule has 148 valence electrons. The number of hydrogen-bond acceptors (Lipinski definition) is 3. The molecule has 2 atom stereocenters. The molecule has 8 heteroatoms. The van der Waals surface area contributed by atoms with Crippen LogP contribution >= 0.6 is 15.9 Å². The third kappa shape index (κ3) is 6.45. The van der Waals surface area contributed by atoms with Gasteiger partial charge in [-0.1, -0.05) is 46.3 Å². The van der Waals surface area contributed by atoms with E-state index in [0.717, 1.165) is 10.0 Å². The van der Waals surface area contributed by atoms with E-state index < -0.39 is 35.7 Å². The van der Waals surface area contributed by atoms with E-state index in [9.17, 15) is 23.9 Å². The minimum Gasteiger partial charge on any atom is -0.480 e. The first-order valence-electron chi connectivity index (χ1n) is 8.54. The van der Waals surface area contributed by atoms with E-state index in [1.54, 1.807) is 30.3 Å². The lowest BCUT2D eigenvalue weighted by molar-refractivity contribution is -0.142. The van der Waals surface area contributed by atoms with E-state index in [0.29, 0.717) is 0 Å². The Morgan fingerprint density at radius 2 is 1.64 bits per heavy atom. The van der Waals surface area contributed by atoms with Crippen LogP contribution in [0.2, 0.25) is 0 Å². The second kappa shape index (κ2) is 9.98. The van der Waals surface area contributed by atoms with Crippen LogP contribution in [0.1, 0.15) is 18.1 Å². The lowest BCUT2D eigenvalue weighted by atomic mass is 10.0. The third-order valence-corrected chi connectivity index (χ3v) is 4.57. The van der Waals surface area contributed by atoms with Crippen molar-refractivity contribution in [3.63, 3.8) is 0 Å². The highest BCUT2D eigenvalue weighted by atomic mass is 79.9. The summed E-state index contributed by atoms with van der Waals surface area (Å²) in [6, 6.07) is 10.7. The first kappa shape index (κ1) is 21.6. The molecule has 0 spiro atoms. The fourth-order valence-corrected chi connectivity index (χ4v) is 2.93. The van der Waals surface area contributed by atoms with Gasteiger partial charge in [0.2, 0.25) is 11.8 Å². The molecule has 6 nitrogen and oxygen atoms in total. The lowest BCUT2D eigenvalue weighted by Gasteiger charge is -2.21. The molecule has 0 aliphatic carbocycles. The molecule has 0 aliphatic heterocycles. The molecular formula is C20H20BrFN2O4. The Morgan fingerprint density at radius 1 is 1.00 bits per heavy atom. The maximum atomic E-state index is 13.9. The van der Waals surface area contributed by atoms with E-state index in [4.69, 9.17) is 0 Å². The highest BCUT2D eigenvalue weighted by Gasteiger charge is 2.27. The largest absolute Gasteiger partial charge is 0.480 e. The summed E-state index contributed by atoms with van der Waals surface area (Å²) in [5.74, 6) is -2.88. The summed E-state index contributed by atoms with van der Waals surface area (Å²) in [6.07, 6.45) is -0.0243. The Morgan fingerprint density at radius 3 is 2.21 bits per heavy atom. The van der Waals surface area contributed by atoms with Gasteiger partial charge in [0.25, 0.3) is 0 Å². The molecule has 0 saturated carbocycles. The van der Waals surface area contributed by atoms with Gasteiger partial charge in [-0.2, -0.15) is 0 Å². The molecule has 28 heavy (non-hydrogen) atoms. The Balaban J connectivity index is 2.14. The molecule has 0 aromatic heterocycles. The number of hydrogen-bond donors (Lipinski definition) is 3. The molecule has 0 heterocycles. The van der Waals surface area contributed by atoms with E-state index in [-0.39, 0.29) is 18.4 Å². The average Bonchev–Trinajstić information content (AvgIpc) is 2.63. The highest BCUT2D eigenvalue weighted by molar-refractivity contribution is 9.10. The smallest absolute Gasteiger partial charge is 0.326 e. The molecule has 2 aromatic rings. The van der Waals surface area contributed by atoms with Gasteiger partial charge in [-0.3, -0.25) is 9.59 Å². The number of carbonyl (C=O) groups excluding carboxylic acids is 2. The molecule has 0 aliphatic rings. The Labute approximate surface area is 170 Å². The fourth-order valence-electron chi connectivity index (χ4n) is 2.67. The Kier molecular flexibility index (Phi) is 7.69. The molecular weight excluding hydrogens is 431 g/mol. The van der Waals surface area contributed by atoms with Crippen LogP contribution < -0.4 is 10.6 Å². The van der Waals surface area contributed by atoms with Crippen molar-refractivity contribution in [2.24, 2.45) is 0 Å². The molecule has 2 amide bonds. The predicted octanol–water partition coefficient (Wildman–Crippen LogP) is 2.45. The standard InChI is InChI=1S/C20H20BrFN2O4/c1-12(25)23-17(11-14-4-2-3-5-16(14)22)19(26)24-18(20(27)28)10-13-6-8-15(21)9-7-13/h2-9,17-18H,10-11H2,1H3,(H,23,25)(H,24,26)(H,27,28)/t17-,18+/m0/s1. The minimum absolute atomic E-state index is 0.0703. The van der Waals surface area contributed by atoms with Gasteiger partial charge in [0, 0.05) is 24.2 Å². The number of carboxylic acids is 1. The van der Waals surface area contributed by atoms with Gasteiger partial charge in [0.05, 0.1) is 0 Å². The number of aliphatic carboxylic acids is 1. The van der Waals surface area contributed by atoms with Gasteiger partial charge < -0.3 is 15.7 Å². The van der Waals surface area contributed by atoms with Crippen molar-refractivity contribution >= 4 is 33.7 Å². The zero-order valence-corrected chi connectivity index (χ0v) is 16.7. The molecule has 0 unspecified atom stereocenters. The van der Waals surface area contributed by atoms with Crippen molar-refractivity contribution in [3.05, 3.63) is 69.9 Å². The van der Waals surface area contributed by atoms with Gasteiger partial charge in [0.15, 0.2) is 0 Å². The molecule has 2 rings (SSSR count). The van der Waals surface area contributed by atoms with E-state index in [1.165, 1.54) is 25.1 Å². The second-order valence-corrected chi connectivity index (χ2v) is 7.19. The van der Waals surface area contributed by atoms with Crippen molar-refractivity contribution in [2.45, 2.75) is 31.8 Å². The number of nitrogens with one attached hydrogen (secondary N) is 2. The molecule has 3 N–H and O–H groups in total. The van der Waals surface area contributed by atoms with Crippen LogP contribution in [0.3, 0.4) is 0 Å². The summed E-state index contributed by atoms with van der Waals surface area (Å²) in [5, 5.41) is 14.4. The number of carboxylic acid groups (broad SMARTS) is 1. The SMILES string of the molecule is CC(=O)N[C@@H](Cc1ccccc1F)C(=O)N[C@H](Cc1ccc(Br)cc1)C(=O)O. The van der Waals surface area contributed by atoms with E-state index in [1.807, 2.05) is 0 Å². The van der Waals surface area contributed by atoms with Gasteiger partial charge in [0.1, 0.15) is 17.9 Å². The minimum atomic E-state index is -1.20. The summed E-state index contributed by atoms with van der Waals surface area (Å²) in [7, 11) is 0. The zero-order chi connectivity index (χ0) is 20.7. The molecule has 0 fully saturated rings. The third-order valence-electron chi connectivity index (χ3n) is 4.04. The highest BCUT2D eigenvalue weighted by Crippen LogP contribution is 2.13. The summed E-state index contributed by atoms with van der Waals surface area (Å²) < 4.78 is 14.8. The second-order valence-electron chi connectivity index (χ2n) is 6.28. The quantitative estimate of drug-likeness (QED) is 0.575. The van der Waals surface area contributed by atoms with Crippen molar-refractivity contribution in [3.8, 4) is 0 Å². The van der Waals surface area contributed by atoms with Gasteiger partial charge in [-0.15, -0.1) is 0 Å². The zero-order valence-electron chi connectivity index (χ0n) is 15.1. The lowest BCUT2D eigenvalue weighted by Crippen LogP contribution is -2.52. The van der Waals surface area contributed by atoms with Crippen LogP contribution in [0.15, 0.2) is 53.0 Å². The van der Waals surface area contributed by atoms with Crippen LogP contribution in [0.5, 0.6) is 0 Å². The van der Waals surface area contributed by atoms with Crippen molar-refractivity contribution in [2.75, 3.05) is 0 Å². The van der Waals surface area contributed by atoms with Crippen LogP contribution in [-0.4, -0.2) is 35.0 Å². The van der Waals surface area contributed by atoms with Crippen LogP contribution in [-0.2, 0) is 27.2 Å².